The van der Waals surface area contributed by atoms with Gasteiger partial charge in [-0.3, -0.25) is 0 Å². The molecule has 0 aliphatic carbocycles. The Hall–Kier alpha value is -2.00. The van der Waals surface area contributed by atoms with Gasteiger partial charge in [-0.25, -0.2) is 0 Å². The van der Waals surface area contributed by atoms with Crippen LogP contribution in [0.4, 0.5) is 0 Å². The Morgan fingerprint density at radius 1 is 1.00 bits per heavy atom. The van der Waals surface area contributed by atoms with Crippen LogP contribution in [0.3, 0.4) is 0 Å². The molecule has 0 amide bonds. The van der Waals surface area contributed by atoms with Crippen molar-refractivity contribution in [2.24, 2.45) is 0 Å². The van der Waals surface area contributed by atoms with Crippen molar-refractivity contribution in [2.75, 3.05) is 13.7 Å². The topological polar surface area (TPSA) is 30.5 Å². The first kappa shape index (κ1) is 15.4. The lowest BCUT2D eigenvalue weighted by molar-refractivity contribution is 0.412. The number of ether oxygens (including phenoxy) is 2. The van der Waals surface area contributed by atoms with Crippen LogP contribution in [0.15, 0.2) is 42.5 Å². The van der Waals surface area contributed by atoms with Gasteiger partial charge < -0.3 is 14.8 Å². The fraction of sp³-hybridized carbons (Fsp3) is 0.333. The highest BCUT2D eigenvalue weighted by Crippen LogP contribution is 2.27. The first-order valence-electron chi connectivity index (χ1n) is 7.35. The monoisotopic (exact) mass is 285 g/mol. The molecular weight excluding hydrogens is 262 g/mol. The summed E-state index contributed by atoms with van der Waals surface area (Å²) in [5.74, 6) is 2.55. The van der Waals surface area contributed by atoms with E-state index in [0.29, 0.717) is 0 Å². The number of hydrogen-bond acceptors (Lipinski definition) is 3. The molecule has 0 aliphatic rings. The number of methoxy groups -OCH3 is 1. The molecule has 112 valence electrons. The van der Waals surface area contributed by atoms with E-state index in [1.807, 2.05) is 24.3 Å². The summed E-state index contributed by atoms with van der Waals surface area (Å²) in [5, 5.41) is 3.40. The van der Waals surface area contributed by atoms with Crippen molar-refractivity contribution in [3.8, 4) is 17.2 Å². The summed E-state index contributed by atoms with van der Waals surface area (Å²) in [6.45, 7) is 6.12. The summed E-state index contributed by atoms with van der Waals surface area (Å²) < 4.78 is 11.1. The second-order valence-electron chi connectivity index (χ2n) is 5.05. The van der Waals surface area contributed by atoms with Crippen molar-refractivity contribution >= 4 is 0 Å². The minimum absolute atomic E-state index is 0.817. The second-order valence-corrected chi connectivity index (χ2v) is 5.05. The van der Waals surface area contributed by atoms with Crippen molar-refractivity contribution in [3.63, 3.8) is 0 Å². The van der Waals surface area contributed by atoms with Gasteiger partial charge in [0, 0.05) is 6.54 Å². The normalized spacial score (nSPS) is 10.4. The Morgan fingerprint density at radius 3 is 2.38 bits per heavy atom. The highest BCUT2D eigenvalue weighted by Gasteiger charge is 2.04. The number of benzene rings is 2. The van der Waals surface area contributed by atoms with Gasteiger partial charge in [0.15, 0.2) is 0 Å². The predicted octanol–water partition coefficient (Wildman–Crippen LogP) is 4.30. The molecule has 0 radical (unpaired) electrons. The van der Waals surface area contributed by atoms with Crippen LogP contribution in [-0.2, 0) is 6.54 Å². The van der Waals surface area contributed by atoms with Crippen LogP contribution in [0.25, 0.3) is 0 Å². The van der Waals surface area contributed by atoms with Crippen molar-refractivity contribution in [1.82, 2.24) is 5.32 Å². The molecule has 3 heteroatoms. The van der Waals surface area contributed by atoms with Crippen molar-refractivity contribution in [1.29, 1.82) is 0 Å². The van der Waals surface area contributed by atoms with E-state index >= 15 is 0 Å². The van der Waals surface area contributed by atoms with Crippen molar-refractivity contribution < 1.29 is 9.47 Å². The van der Waals surface area contributed by atoms with Gasteiger partial charge in [-0.15, -0.1) is 0 Å². The Bertz CT molecular complexity index is 564. The molecule has 21 heavy (non-hydrogen) atoms. The van der Waals surface area contributed by atoms with E-state index in [1.54, 1.807) is 7.11 Å². The summed E-state index contributed by atoms with van der Waals surface area (Å²) in [6, 6.07) is 14.0. The minimum atomic E-state index is 0.817. The van der Waals surface area contributed by atoms with Crippen LogP contribution in [0.5, 0.6) is 17.2 Å². The first-order chi connectivity index (χ1) is 10.2. The van der Waals surface area contributed by atoms with Gasteiger partial charge >= 0.3 is 0 Å². The van der Waals surface area contributed by atoms with Gasteiger partial charge in [0.05, 0.1) is 7.11 Å². The molecule has 3 nitrogen and oxygen atoms in total. The number of aryl methyl sites for hydroxylation is 1. The SMILES string of the molecule is CCCNCc1ccc(C)c(Oc2ccc(OC)cc2)c1. The highest BCUT2D eigenvalue weighted by molar-refractivity contribution is 5.41. The van der Waals surface area contributed by atoms with Crippen LogP contribution in [-0.4, -0.2) is 13.7 Å². The molecule has 0 unspecified atom stereocenters. The van der Waals surface area contributed by atoms with E-state index in [9.17, 15) is 0 Å². The largest absolute Gasteiger partial charge is 0.497 e. The lowest BCUT2D eigenvalue weighted by atomic mass is 10.1. The van der Waals surface area contributed by atoms with Gasteiger partial charge in [0.2, 0.25) is 0 Å². The fourth-order valence-electron chi connectivity index (χ4n) is 2.04. The zero-order chi connectivity index (χ0) is 15.1. The molecule has 0 spiro atoms. The van der Waals surface area contributed by atoms with Gasteiger partial charge in [-0.05, 0) is 61.3 Å². The van der Waals surface area contributed by atoms with E-state index in [-0.39, 0.29) is 0 Å². The molecular formula is C18H23NO2. The molecule has 0 saturated carbocycles. The molecule has 2 aromatic carbocycles. The van der Waals surface area contributed by atoms with Crippen molar-refractivity contribution in [2.45, 2.75) is 26.8 Å². The maximum Gasteiger partial charge on any atom is 0.130 e. The van der Waals surface area contributed by atoms with Gasteiger partial charge in [0.25, 0.3) is 0 Å². The summed E-state index contributed by atoms with van der Waals surface area (Å²) in [4.78, 5) is 0. The third kappa shape index (κ3) is 4.50. The lowest BCUT2D eigenvalue weighted by Gasteiger charge is -2.11. The molecule has 0 aliphatic heterocycles. The molecule has 0 aromatic heterocycles. The molecule has 1 N–H and O–H groups in total. The standard InChI is InChI=1S/C18H23NO2/c1-4-11-19-13-15-6-5-14(2)18(12-15)21-17-9-7-16(20-3)8-10-17/h5-10,12,19H,4,11,13H2,1-3H3. The van der Waals surface area contributed by atoms with Crippen LogP contribution in [0.2, 0.25) is 0 Å². The van der Waals surface area contributed by atoms with Gasteiger partial charge in [-0.1, -0.05) is 19.1 Å². The third-order valence-electron chi connectivity index (χ3n) is 3.30. The Labute approximate surface area is 126 Å². The smallest absolute Gasteiger partial charge is 0.130 e. The first-order valence-corrected chi connectivity index (χ1v) is 7.35. The average Bonchev–Trinajstić information content (AvgIpc) is 2.51. The molecule has 2 rings (SSSR count). The van der Waals surface area contributed by atoms with E-state index < -0.39 is 0 Å². The third-order valence-corrected chi connectivity index (χ3v) is 3.30. The zero-order valence-electron chi connectivity index (χ0n) is 13.0. The Balaban J connectivity index is 2.08. The maximum absolute atomic E-state index is 5.97. The number of hydrogen-bond donors (Lipinski definition) is 1. The van der Waals surface area contributed by atoms with Crippen LogP contribution >= 0.6 is 0 Å². The van der Waals surface area contributed by atoms with Gasteiger partial charge in [-0.2, -0.15) is 0 Å². The summed E-state index contributed by atoms with van der Waals surface area (Å²) in [7, 11) is 1.66. The zero-order valence-corrected chi connectivity index (χ0v) is 13.0. The predicted molar refractivity (Wildman–Crippen MR) is 86.2 cm³/mol. The maximum atomic E-state index is 5.97. The van der Waals surface area contributed by atoms with Crippen molar-refractivity contribution in [3.05, 3.63) is 53.6 Å². The van der Waals surface area contributed by atoms with E-state index in [0.717, 1.165) is 42.3 Å². The van der Waals surface area contributed by atoms with E-state index in [4.69, 9.17) is 9.47 Å². The number of nitrogens with one attached hydrogen (secondary N) is 1. The van der Waals surface area contributed by atoms with Gasteiger partial charge in [0.1, 0.15) is 17.2 Å². The average molecular weight is 285 g/mol. The lowest BCUT2D eigenvalue weighted by Crippen LogP contribution is -2.13. The summed E-state index contributed by atoms with van der Waals surface area (Å²) >= 11 is 0. The highest BCUT2D eigenvalue weighted by atomic mass is 16.5. The quantitative estimate of drug-likeness (QED) is 0.770. The molecule has 0 heterocycles. The summed E-state index contributed by atoms with van der Waals surface area (Å²) in [5.41, 5.74) is 2.36. The van der Waals surface area contributed by atoms with E-state index in [1.165, 1.54) is 5.56 Å². The van der Waals surface area contributed by atoms with Crippen LogP contribution < -0.4 is 14.8 Å². The van der Waals surface area contributed by atoms with E-state index in [2.05, 4.69) is 37.4 Å². The summed E-state index contributed by atoms with van der Waals surface area (Å²) in [6.07, 6.45) is 1.14. The Morgan fingerprint density at radius 2 is 1.71 bits per heavy atom. The Kier molecular flexibility index (Phi) is 5.64. The molecule has 0 fully saturated rings. The number of rotatable bonds is 7. The molecule has 0 saturated heterocycles. The second kappa shape index (κ2) is 7.70. The fourth-order valence-corrected chi connectivity index (χ4v) is 2.04. The van der Waals surface area contributed by atoms with Crippen LogP contribution in [0, 0.1) is 6.92 Å². The van der Waals surface area contributed by atoms with Crippen LogP contribution in [0.1, 0.15) is 24.5 Å². The molecule has 0 atom stereocenters. The molecule has 0 bridgehead atoms. The molecule has 2 aromatic rings. The minimum Gasteiger partial charge on any atom is -0.497 e.